The van der Waals surface area contributed by atoms with E-state index < -0.39 is 5.79 Å². The fourth-order valence-electron chi connectivity index (χ4n) is 1.33. The van der Waals surface area contributed by atoms with Crippen LogP contribution in [0.15, 0.2) is 0 Å². The van der Waals surface area contributed by atoms with Crippen molar-refractivity contribution in [2.24, 2.45) is 0 Å². The summed E-state index contributed by atoms with van der Waals surface area (Å²) in [6, 6.07) is 0. The molecular formula is C9H18O4. The molecule has 1 N–H and O–H groups in total. The molecule has 0 bridgehead atoms. The van der Waals surface area contributed by atoms with E-state index >= 15 is 0 Å². The average Bonchev–Trinajstić information content (AvgIpc) is 2.03. The Hall–Kier alpha value is -0.160. The summed E-state index contributed by atoms with van der Waals surface area (Å²) in [6.45, 7) is 5.47. The van der Waals surface area contributed by atoms with Gasteiger partial charge in [-0.15, -0.1) is 0 Å². The van der Waals surface area contributed by atoms with Crippen molar-refractivity contribution in [2.45, 2.75) is 32.2 Å². The van der Waals surface area contributed by atoms with Gasteiger partial charge in [-0.2, -0.15) is 0 Å². The van der Waals surface area contributed by atoms with Gasteiger partial charge in [0, 0.05) is 0 Å². The van der Waals surface area contributed by atoms with E-state index in [1.807, 2.05) is 13.8 Å². The van der Waals surface area contributed by atoms with Gasteiger partial charge in [0.2, 0.25) is 0 Å². The Kier molecular flexibility index (Phi) is 4.12. The lowest BCUT2D eigenvalue weighted by Crippen LogP contribution is -2.41. The predicted octanol–water partition coefficient (Wildman–Crippen LogP) is 0.537. The molecule has 0 amide bonds. The van der Waals surface area contributed by atoms with Crippen LogP contribution < -0.4 is 0 Å². The molecule has 4 heteroatoms. The van der Waals surface area contributed by atoms with Crippen LogP contribution in [-0.2, 0) is 14.2 Å². The first-order chi connectivity index (χ1) is 6.14. The lowest BCUT2D eigenvalue weighted by Gasteiger charge is -2.35. The van der Waals surface area contributed by atoms with Gasteiger partial charge in [-0.3, -0.25) is 0 Å². The Morgan fingerprint density at radius 3 is 2.92 bits per heavy atom. The van der Waals surface area contributed by atoms with E-state index in [1.54, 1.807) is 0 Å². The van der Waals surface area contributed by atoms with Gasteiger partial charge in [0.05, 0.1) is 32.5 Å². The molecule has 1 fully saturated rings. The topological polar surface area (TPSA) is 47.9 Å². The van der Waals surface area contributed by atoms with Crippen molar-refractivity contribution in [3.05, 3.63) is 0 Å². The van der Waals surface area contributed by atoms with E-state index in [0.717, 1.165) is 6.42 Å². The zero-order chi connectivity index (χ0) is 9.73. The maximum absolute atomic E-state index is 8.51. The summed E-state index contributed by atoms with van der Waals surface area (Å²) in [5.74, 6) is -0.495. The molecule has 0 aliphatic carbocycles. The molecule has 0 aromatic carbocycles. The first-order valence-electron chi connectivity index (χ1n) is 4.64. The molecule has 0 spiro atoms. The average molecular weight is 190 g/mol. The summed E-state index contributed by atoms with van der Waals surface area (Å²) in [7, 11) is 0. The van der Waals surface area contributed by atoms with Gasteiger partial charge in [-0.25, -0.2) is 0 Å². The zero-order valence-corrected chi connectivity index (χ0v) is 8.28. The molecule has 0 aromatic rings. The number of ether oxygens (including phenoxy) is 3. The fraction of sp³-hybridized carbons (Fsp3) is 1.00. The van der Waals surface area contributed by atoms with Crippen molar-refractivity contribution < 1.29 is 19.3 Å². The lowest BCUT2D eigenvalue weighted by atomic mass is 10.2. The van der Waals surface area contributed by atoms with Crippen LogP contribution in [0.3, 0.4) is 0 Å². The molecule has 1 aliphatic heterocycles. The summed E-state index contributed by atoms with van der Waals surface area (Å²) in [4.78, 5) is 0. The summed E-state index contributed by atoms with van der Waals surface area (Å²) >= 11 is 0. The molecule has 78 valence electrons. The van der Waals surface area contributed by atoms with Gasteiger partial charge >= 0.3 is 0 Å². The van der Waals surface area contributed by atoms with Crippen LogP contribution in [0.25, 0.3) is 0 Å². The minimum Gasteiger partial charge on any atom is -0.394 e. The number of aliphatic hydroxyl groups excluding tert-OH is 1. The molecule has 1 heterocycles. The molecule has 1 aliphatic rings. The monoisotopic (exact) mass is 190 g/mol. The Bertz CT molecular complexity index is 147. The highest BCUT2D eigenvalue weighted by Gasteiger charge is 2.29. The molecule has 0 radical (unpaired) electrons. The third kappa shape index (κ3) is 4.04. The van der Waals surface area contributed by atoms with E-state index in [0.29, 0.717) is 19.8 Å². The maximum Gasteiger partial charge on any atom is 0.163 e. The highest BCUT2D eigenvalue weighted by molar-refractivity contribution is 4.68. The Morgan fingerprint density at radius 2 is 2.31 bits per heavy atom. The van der Waals surface area contributed by atoms with Crippen LogP contribution in [0.4, 0.5) is 0 Å². The predicted molar refractivity (Wildman–Crippen MR) is 47.4 cm³/mol. The van der Waals surface area contributed by atoms with Crippen molar-refractivity contribution in [1.29, 1.82) is 0 Å². The standard InChI is InChI=1S/C9H18O4/c1-9(2)12-5-3-8(13-9)7-11-6-4-10/h8,10H,3-7H2,1-2H3. The first kappa shape index (κ1) is 10.9. The van der Waals surface area contributed by atoms with Crippen LogP contribution in [0.1, 0.15) is 20.3 Å². The molecule has 0 saturated carbocycles. The van der Waals surface area contributed by atoms with Crippen LogP contribution in [0, 0.1) is 0 Å². The molecule has 1 rings (SSSR count). The van der Waals surface area contributed by atoms with E-state index in [1.165, 1.54) is 0 Å². The van der Waals surface area contributed by atoms with Crippen molar-refractivity contribution in [3.63, 3.8) is 0 Å². The molecule has 4 nitrogen and oxygen atoms in total. The van der Waals surface area contributed by atoms with Gasteiger partial charge in [0.25, 0.3) is 0 Å². The summed E-state index contributed by atoms with van der Waals surface area (Å²) in [5.41, 5.74) is 0. The molecule has 1 saturated heterocycles. The number of rotatable bonds is 4. The third-order valence-corrected chi connectivity index (χ3v) is 1.88. The number of hydrogen-bond acceptors (Lipinski definition) is 4. The molecule has 13 heavy (non-hydrogen) atoms. The SMILES string of the molecule is CC1(C)OCCC(COCCO)O1. The maximum atomic E-state index is 8.51. The second kappa shape index (κ2) is 4.91. The number of aliphatic hydroxyl groups is 1. The fourth-order valence-corrected chi connectivity index (χ4v) is 1.33. The minimum absolute atomic E-state index is 0.0621. The van der Waals surface area contributed by atoms with Gasteiger partial charge in [-0.05, 0) is 20.3 Å². The summed E-state index contributed by atoms with van der Waals surface area (Å²) in [6.07, 6.45) is 0.949. The number of hydrogen-bond donors (Lipinski definition) is 1. The lowest BCUT2D eigenvalue weighted by molar-refractivity contribution is -0.280. The third-order valence-electron chi connectivity index (χ3n) is 1.88. The van der Waals surface area contributed by atoms with Crippen molar-refractivity contribution in [1.82, 2.24) is 0 Å². The van der Waals surface area contributed by atoms with Crippen LogP contribution in [0.5, 0.6) is 0 Å². The second-order valence-electron chi connectivity index (χ2n) is 3.58. The van der Waals surface area contributed by atoms with Gasteiger partial charge in [0.15, 0.2) is 5.79 Å². The van der Waals surface area contributed by atoms with E-state index in [2.05, 4.69) is 0 Å². The highest BCUT2D eigenvalue weighted by Crippen LogP contribution is 2.21. The normalized spacial score (nSPS) is 27.5. The zero-order valence-electron chi connectivity index (χ0n) is 8.28. The molecule has 1 unspecified atom stereocenters. The second-order valence-corrected chi connectivity index (χ2v) is 3.58. The Balaban J connectivity index is 2.19. The largest absolute Gasteiger partial charge is 0.394 e. The van der Waals surface area contributed by atoms with E-state index in [4.69, 9.17) is 19.3 Å². The Labute approximate surface area is 78.8 Å². The highest BCUT2D eigenvalue weighted by atomic mass is 16.7. The van der Waals surface area contributed by atoms with Crippen molar-refractivity contribution in [3.8, 4) is 0 Å². The van der Waals surface area contributed by atoms with Gasteiger partial charge < -0.3 is 19.3 Å². The first-order valence-corrected chi connectivity index (χ1v) is 4.64. The molecular weight excluding hydrogens is 172 g/mol. The summed E-state index contributed by atoms with van der Waals surface area (Å²) in [5, 5.41) is 8.51. The van der Waals surface area contributed by atoms with E-state index in [9.17, 15) is 0 Å². The minimum atomic E-state index is -0.495. The summed E-state index contributed by atoms with van der Waals surface area (Å²) < 4.78 is 16.2. The van der Waals surface area contributed by atoms with Gasteiger partial charge in [-0.1, -0.05) is 0 Å². The van der Waals surface area contributed by atoms with Crippen molar-refractivity contribution >= 4 is 0 Å². The molecule has 0 aromatic heterocycles. The van der Waals surface area contributed by atoms with E-state index in [-0.39, 0.29) is 12.7 Å². The van der Waals surface area contributed by atoms with Crippen LogP contribution >= 0.6 is 0 Å². The van der Waals surface area contributed by atoms with Crippen LogP contribution in [-0.4, -0.2) is 43.4 Å². The van der Waals surface area contributed by atoms with Crippen molar-refractivity contribution in [2.75, 3.05) is 26.4 Å². The smallest absolute Gasteiger partial charge is 0.163 e. The van der Waals surface area contributed by atoms with Gasteiger partial charge in [0.1, 0.15) is 0 Å². The molecule has 1 atom stereocenters. The Morgan fingerprint density at radius 1 is 1.54 bits per heavy atom. The quantitative estimate of drug-likeness (QED) is 0.657. The van der Waals surface area contributed by atoms with Crippen LogP contribution in [0.2, 0.25) is 0 Å².